The SMILES string of the molecule is CC(O)[C@@H]1CCCN(C)C1. The first-order valence-electron chi connectivity index (χ1n) is 4.07. The van der Waals surface area contributed by atoms with Crippen molar-refractivity contribution in [1.29, 1.82) is 0 Å². The molecule has 1 fully saturated rings. The first kappa shape index (κ1) is 8.02. The summed E-state index contributed by atoms with van der Waals surface area (Å²) in [7, 11) is 2.12. The molecule has 1 N–H and O–H groups in total. The number of likely N-dealkylation sites (tertiary alicyclic amines) is 1. The van der Waals surface area contributed by atoms with Crippen molar-refractivity contribution < 1.29 is 5.11 Å². The lowest BCUT2D eigenvalue weighted by Crippen LogP contribution is -2.36. The Morgan fingerprint density at radius 3 is 2.70 bits per heavy atom. The lowest BCUT2D eigenvalue weighted by molar-refractivity contribution is 0.0728. The second-order valence-corrected chi connectivity index (χ2v) is 3.41. The van der Waals surface area contributed by atoms with Gasteiger partial charge in [0, 0.05) is 6.54 Å². The summed E-state index contributed by atoms with van der Waals surface area (Å²) in [5.74, 6) is 0.513. The maximum Gasteiger partial charge on any atom is 0.0552 e. The Bertz CT molecular complexity index is 103. The molecule has 0 aliphatic carbocycles. The number of piperidine rings is 1. The van der Waals surface area contributed by atoms with Gasteiger partial charge in [0.2, 0.25) is 0 Å². The van der Waals surface area contributed by atoms with Gasteiger partial charge in [0.05, 0.1) is 6.10 Å². The van der Waals surface area contributed by atoms with Gasteiger partial charge in [-0.15, -0.1) is 0 Å². The molecule has 0 aromatic carbocycles. The van der Waals surface area contributed by atoms with Crippen LogP contribution in [0.15, 0.2) is 0 Å². The third-order valence-corrected chi connectivity index (χ3v) is 2.34. The Labute approximate surface area is 62.8 Å². The van der Waals surface area contributed by atoms with Crippen LogP contribution in [-0.2, 0) is 0 Å². The van der Waals surface area contributed by atoms with Crippen molar-refractivity contribution in [1.82, 2.24) is 4.90 Å². The largest absolute Gasteiger partial charge is 0.393 e. The highest BCUT2D eigenvalue weighted by atomic mass is 16.3. The molecule has 60 valence electrons. The van der Waals surface area contributed by atoms with E-state index in [1.165, 1.54) is 19.4 Å². The van der Waals surface area contributed by atoms with Crippen LogP contribution >= 0.6 is 0 Å². The zero-order valence-corrected chi connectivity index (χ0v) is 6.88. The zero-order chi connectivity index (χ0) is 7.56. The fourth-order valence-corrected chi connectivity index (χ4v) is 1.60. The summed E-state index contributed by atoms with van der Waals surface area (Å²) in [6.45, 7) is 4.16. The molecule has 1 heterocycles. The van der Waals surface area contributed by atoms with Crippen LogP contribution in [0.3, 0.4) is 0 Å². The van der Waals surface area contributed by atoms with Crippen LogP contribution in [0.4, 0.5) is 0 Å². The molecular formula is C8H17NO. The molecule has 10 heavy (non-hydrogen) atoms. The van der Waals surface area contributed by atoms with Gasteiger partial charge in [0.15, 0.2) is 0 Å². The number of hydrogen-bond donors (Lipinski definition) is 1. The molecular weight excluding hydrogens is 126 g/mol. The second-order valence-electron chi connectivity index (χ2n) is 3.41. The molecule has 0 saturated carbocycles. The monoisotopic (exact) mass is 143 g/mol. The predicted molar refractivity (Wildman–Crippen MR) is 41.9 cm³/mol. The minimum absolute atomic E-state index is 0.122. The topological polar surface area (TPSA) is 23.5 Å². The summed E-state index contributed by atoms with van der Waals surface area (Å²) >= 11 is 0. The van der Waals surface area contributed by atoms with E-state index < -0.39 is 0 Å². The van der Waals surface area contributed by atoms with E-state index in [-0.39, 0.29) is 6.10 Å². The molecule has 2 nitrogen and oxygen atoms in total. The van der Waals surface area contributed by atoms with E-state index in [4.69, 9.17) is 0 Å². The summed E-state index contributed by atoms with van der Waals surface area (Å²) in [4.78, 5) is 2.29. The lowest BCUT2D eigenvalue weighted by Gasteiger charge is -2.31. The Hall–Kier alpha value is -0.0800. The van der Waals surface area contributed by atoms with Gasteiger partial charge in [-0.05, 0) is 39.3 Å². The molecule has 2 atom stereocenters. The molecule has 0 spiro atoms. The highest BCUT2D eigenvalue weighted by Gasteiger charge is 2.20. The standard InChI is InChI=1S/C8H17NO/c1-7(10)8-4-3-5-9(2)6-8/h7-8,10H,3-6H2,1-2H3/t7?,8-/m1/s1. The van der Waals surface area contributed by atoms with Crippen LogP contribution in [0.1, 0.15) is 19.8 Å². The van der Waals surface area contributed by atoms with Crippen molar-refractivity contribution in [2.24, 2.45) is 5.92 Å². The molecule has 1 aliphatic rings. The van der Waals surface area contributed by atoms with Gasteiger partial charge in [-0.25, -0.2) is 0 Å². The molecule has 1 rings (SSSR count). The maximum absolute atomic E-state index is 9.27. The lowest BCUT2D eigenvalue weighted by atomic mass is 9.94. The number of aliphatic hydroxyl groups excluding tert-OH is 1. The number of hydrogen-bond acceptors (Lipinski definition) is 2. The highest BCUT2D eigenvalue weighted by Crippen LogP contribution is 2.17. The van der Waals surface area contributed by atoms with Crippen LogP contribution in [0.25, 0.3) is 0 Å². The minimum atomic E-state index is -0.122. The van der Waals surface area contributed by atoms with Gasteiger partial charge in [-0.3, -0.25) is 0 Å². The van der Waals surface area contributed by atoms with Gasteiger partial charge in [-0.1, -0.05) is 0 Å². The molecule has 2 heteroatoms. The molecule has 0 aromatic heterocycles. The van der Waals surface area contributed by atoms with E-state index in [2.05, 4.69) is 11.9 Å². The summed E-state index contributed by atoms with van der Waals surface area (Å²) in [5.41, 5.74) is 0. The Morgan fingerprint density at radius 1 is 1.60 bits per heavy atom. The van der Waals surface area contributed by atoms with E-state index in [0.29, 0.717) is 5.92 Å². The Balaban J connectivity index is 2.32. The molecule has 0 bridgehead atoms. The molecule has 0 radical (unpaired) electrons. The van der Waals surface area contributed by atoms with Gasteiger partial charge >= 0.3 is 0 Å². The van der Waals surface area contributed by atoms with E-state index in [0.717, 1.165) is 6.54 Å². The van der Waals surface area contributed by atoms with Gasteiger partial charge in [-0.2, -0.15) is 0 Å². The Kier molecular flexibility index (Phi) is 2.69. The smallest absolute Gasteiger partial charge is 0.0552 e. The first-order chi connectivity index (χ1) is 4.70. The van der Waals surface area contributed by atoms with Crippen LogP contribution in [0.5, 0.6) is 0 Å². The average Bonchev–Trinajstić information content (AvgIpc) is 1.88. The van der Waals surface area contributed by atoms with Gasteiger partial charge in [0.25, 0.3) is 0 Å². The summed E-state index contributed by atoms with van der Waals surface area (Å²) < 4.78 is 0. The van der Waals surface area contributed by atoms with Crippen LogP contribution < -0.4 is 0 Å². The molecule has 0 amide bonds. The summed E-state index contributed by atoms with van der Waals surface area (Å²) in [5, 5.41) is 9.27. The third-order valence-electron chi connectivity index (χ3n) is 2.34. The van der Waals surface area contributed by atoms with E-state index in [9.17, 15) is 5.11 Å². The molecule has 0 aromatic rings. The van der Waals surface area contributed by atoms with Crippen molar-refractivity contribution >= 4 is 0 Å². The molecule has 1 saturated heterocycles. The third kappa shape index (κ3) is 1.96. The second kappa shape index (κ2) is 3.35. The summed E-state index contributed by atoms with van der Waals surface area (Å²) in [6, 6.07) is 0. The maximum atomic E-state index is 9.27. The van der Waals surface area contributed by atoms with Crippen LogP contribution in [0.2, 0.25) is 0 Å². The van der Waals surface area contributed by atoms with Crippen molar-refractivity contribution in [2.75, 3.05) is 20.1 Å². The fourth-order valence-electron chi connectivity index (χ4n) is 1.60. The van der Waals surface area contributed by atoms with Gasteiger partial charge in [0.1, 0.15) is 0 Å². The van der Waals surface area contributed by atoms with Crippen LogP contribution in [-0.4, -0.2) is 36.2 Å². The number of aliphatic hydroxyl groups is 1. The predicted octanol–water partition coefficient (Wildman–Crippen LogP) is 0.709. The van der Waals surface area contributed by atoms with Crippen molar-refractivity contribution in [3.05, 3.63) is 0 Å². The molecule has 1 unspecified atom stereocenters. The van der Waals surface area contributed by atoms with E-state index in [1.807, 2.05) is 6.92 Å². The number of nitrogens with zero attached hydrogens (tertiary/aromatic N) is 1. The minimum Gasteiger partial charge on any atom is -0.393 e. The zero-order valence-electron chi connectivity index (χ0n) is 6.88. The van der Waals surface area contributed by atoms with E-state index in [1.54, 1.807) is 0 Å². The highest BCUT2D eigenvalue weighted by molar-refractivity contribution is 4.73. The van der Waals surface area contributed by atoms with Crippen molar-refractivity contribution in [2.45, 2.75) is 25.9 Å². The van der Waals surface area contributed by atoms with Crippen molar-refractivity contribution in [3.63, 3.8) is 0 Å². The number of rotatable bonds is 1. The Morgan fingerprint density at radius 2 is 2.30 bits per heavy atom. The normalized spacial score (nSPS) is 32.1. The van der Waals surface area contributed by atoms with Crippen LogP contribution in [0, 0.1) is 5.92 Å². The van der Waals surface area contributed by atoms with E-state index >= 15 is 0 Å². The van der Waals surface area contributed by atoms with Crippen molar-refractivity contribution in [3.8, 4) is 0 Å². The summed E-state index contributed by atoms with van der Waals surface area (Å²) in [6.07, 6.45) is 2.32. The average molecular weight is 143 g/mol. The quantitative estimate of drug-likeness (QED) is 0.584. The molecule has 1 aliphatic heterocycles. The fraction of sp³-hybridized carbons (Fsp3) is 1.00. The first-order valence-corrected chi connectivity index (χ1v) is 4.07. The van der Waals surface area contributed by atoms with Gasteiger partial charge < -0.3 is 10.0 Å².